The summed E-state index contributed by atoms with van der Waals surface area (Å²) in [4.78, 5) is 47.8. The number of likely N-dealkylation sites (tertiary alicyclic amines) is 1. The fraction of sp³-hybridized carbons (Fsp3) is 0.371. The number of pyridine rings is 2. The van der Waals surface area contributed by atoms with Crippen molar-refractivity contribution in [3.05, 3.63) is 93.2 Å². The second kappa shape index (κ2) is 11.7. The SMILES string of the molecule is CC(=O)OCc1c(-c2c(Nc3ccc(C4CCN4C)cc3)ccc(=O)n2C)ccnc1N1CCn2c(cc3c2CCCC3)C1=O. The van der Waals surface area contributed by atoms with E-state index >= 15 is 0 Å². The fourth-order valence-corrected chi connectivity index (χ4v) is 7.04. The second-order valence-electron chi connectivity index (χ2n) is 12.3. The number of carbonyl (C=O) groups excluding carboxylic acids is 2. The number of aromatic nitrogens is 3. The molecule has 0 saturated carbocycles. The second-order valence-corrected chi connectivity index (χ2v) is 12.3. The molecule has 3 aromatic heterocycles. The summed E-state index contributed by atoms with van der Waals surface area (Å²) in [6, 6.07) is 16.0. The van der Waals surface area contributed by atoms with Crippen molar-refractivity contribution in [3.63, 3.8) is 0 Å². The van der Waals surface area contributed by atoms with Crippen molar-refractivity contribution in [3.8, 4) is 11.3 Å². The van der Waals surface area contributed by atoms with E-state index in [2.05, 4.69) is 51.1 Å². The van der Waals surface area contributed by atoms with Crippen molar-refractivity contribution in [2.75, 3.05) is 30.4 Å². The third kappa shape index (κ3) is 5.22. The predicted molar refractivity (Wildman–Crippen MR) is 173 cm³/mol. The highest BCUT2D eigenvalue weighted by molar-refractivity contribution is 6.06. The van der Waals surface area contributed by atoms with Gasteiger partial charge in [-0.3, -0.25) is 24.2 Å². The number of rotatable bonds is 7. The standard InChI is InChI=1S/C35H38N6O4/c1-22(42)45-21-27-26(14-16-36-34(27)41-19-18-40-30-7-5-4-6-24(30)20-31(40)35(41)44)33-28(12-13-32(43)39(33)3)37-25-10-8-23(9-11-25)29-15-17-38(29)2/h8-14,16,20,29,37H,4-7,15,17-19,21H2,1-3H3. The Morgan fingerprint density at radius 3 is 2.53 bits per heavy atom. The number of hydrogen-bond donors (Lipinski definition) is 1. The molecule has 0 radical (unpaired) electrons. The van der Waals surface area contributed by atoms with Crippen molar-refractivity contribution in [1.29, 1.82) is 0 Å². The third-order valence-electron chi connectivity index (χ3n) is 9.56. The van der Waals surface area contributed by atoms with Crippen LogP contribution >= 0.6 is 0 Å². The van der Waals surface area contributed by atoms with Gasteiger partial charge in [-0.05, 0) is 80.6 Å². The Hall–Kier alpha value is -4.70. The van der Waals surface area contributed by atoms with Gasteiger partial charge in [0.25, 0.3) is 11.5 Å². The van der Waals surface area contributed by atoms with Gasteiger partial charge in [0, 0.05) is 74.4 Å². The summed E-state index contributed by atoms with van der Waals surface area (Å²) in [5.74, 6) is -0.137. The van der Waals surface area contributed by atoms with Crippen LogP contribution in [-0.4, -0.2) is 51.0 Å². The van der Waals surface area contributed by atoms with Gasteiger partial charge in [-0.25, -0.2) is 4.98 Å². The lowest BCUT2D eigenvalue weighted by atomic mass is 9.95. The molecule has 0 spiro atoms. The highest BCUT2D eigenvalue weighted by Crippen LogP contribution is 2.38. The van der Waals surface area contributed by atoms with E-state index < -0.39 is 5.97 Å². The molecular weight excluding hydrogens is 568 g/mol. The average Bonchev–Trinajstić information content (AvgIpc) is 3.42. The Morgan fingerprint density at radius 2 is 1.80 bits per heavy atom. The van der Waals surface area contributed by atoms with E-state index in [-0.39, 0.29) is 18.1 Å². The topological polar surface area (TPSA) is 102 Å². The molecule has 1 aromatic carbocycles. The molecule has 3 aliphatic rings. The summed E-state index contributed by atoms with van der Waals surface area (Å²) in [7, 11) is 3.85. The first kappa shape index (κ1) is 29.0. The first-order valence-corrected chi connectivity index (χ1v) is 15.7. The van der Waals surface area contributed by atoms with E-state index in [1.807, 2.05) is 12.1 Å². The van der Waals surface area contributed by atoms with Crippen molar-refractivity contribution in [1.82, 2.24) is 19.0 Å². The number of aryl methyl sites for hydroxylation is 1. The number of ether oxygens (including phenoxy) is 1. The number of esters is 1. The van der Waals surface area contributed by atoms with Crippen LogP contribution < -0.4 is 15.8 Å². The quantitative estimate of drug-likeness (QED) is 0.297. The molecule has 2 aliphatic heterocycles. The molecule has 45 heavy (non-hydrogen) atoms. The van der Waals surface area contributed by atoms with Gasteiger partial charge in [0.1, 0.15) is 18.1 Å². The monoisotopic (exact) mass is 606 g/mol. The molecule has 7 rings (SSSR count). The number of nitrogens with one attached hydrogen (secondary N) is 1. The van der Waals surface area contributed by atoms with Crippen LogP contribution in [0.3, 0.4) is 0 Å². The Balaban J connectivity index is 1.29. The van der Waals surface area contributed by atoms with E-state index in [0.29, 0.717) is 53.2 Å². The van der Waals surface area contributed by atoms with Crippen molar-refractivity contribution >= 4 is 29.1 Å². The van der Waals surface area contributed by atoms with E-state index in [0.717, 1.165) is 44.3 Å². The average molecular weight is 607 g/mol. The first-order valence-electron chi connectivity index (χ1n) is 15.7. The zero-order valence-electron chi connectivity index (χ0n) is 26.0. The van der Waals surface area contributed by atoms with Gasteiger partial charge in [-0.15, -0.1) is 0 Å². The lowest BCUT2D eigenvalue weighted by molar-refractivity contribution is -0.142. The lowest BCUT2D eigenvalue weighted by Gasteiger charge is -2.38. The molecule has 1 N–H and O–H groups in total. The Kier molecular flexibility index (Phi) is 7.53. The van der Waals surface area contributed by atoms with E-state index in [1.54, 1.807) is 28.8 Å². The van der Waals surface area contributed by atoms with Crippen LogP contribution in [0.1, 0.15) is 65.1 Å². The summed E-state index contributed by atoms with van der Waals surface area (Å²) in [5.41, 5.74) is 7.71. The van der Waals surface area contributed by atoms with Gasteiger partial charge in [0.2, 0.25) is 0 Å². The third-order valence-corrected chi connectivity index (χ3v) is 9.56. The zero-order chi connectivity index (χ0) is 31.2. The molecule has 10 heteroatoms. The Morgan fingerprint density at radius 1 is 1.00 bits per heavy atom. The molecule has 10 nitrogen and oxygen atoms in total. The van der Waals surface area contributed by atoms with Gasteiger partial charge in [-0.1, -0.05) is 12.1 Å². The van der Waals surface area contributed by atoms with E-state index in [9.17, 15) is 14.4 Å². The van der Waals surface area contributed by atoms with Crippen molar-refractivity contribution < 1.29 is 14.3 Å². The Bertz CT molecular complexity index is 1860. The van der Waals surface area contributed by atoms with Gasteiger partial charge in [0.05, 0.1) is 11.4 Å². The summed E-state index contributed by atoms with van der Waals surface area (Å²) in [6.07, 6.45) is 7.06. The molecule has 232 valence electrons. The van der Waals surface area contributed by atoms with Crippen molar-refractivity contribution in [2.45, 2.75) is 58.2 Å². The molecule has 4 aromatic rings. The Labute approximate surface area is 262 Å². The van der Waals surface area contributed by atoms with Crippen molar-refractivity contribution in [2.24, 2.45) is 7.05 Å². The molecular formula is C35H38N6O4. The normalized spacial score (nSPS) is 17.8. The summed E-state index contributed by atoms with van der Waals surface area (Å²) >= 11 is 0. The summed E-state index contributed by atoms with van der Waals surface area (Å²) in [5, 5.41) is 3.51. The number of amides is 1. The number of hydrogen-bond acceptors (Lipinski definition) is 7. The molecule has 1 aliphatic carbocycles. The largest absolute Gasteiger partial charge is 0.461 e. The smallest absolute Gasteiger partial charge is 0.302 e. The van der Waals surface area contributed by atoms with Crippen LogP contribution in [0.5, 0.6) is 0 Å². The van der Waals surface area contributed by atoms with Crippen LogP contribution in [0.2, 0.25) is 0 Å². The number of nitrogens with zero attached hydrogens (tertiary/aromatic N) is 5. The van der Waals surface area contributed by atoms with Gasteiger partial charge in [0.15, 0.2) is 0 Å². The number of benzene rings is 1. The lowest BCUT2D eigenvalue weighted by Crippen LogP contribution is -2.41. The van der Waals surface area contributed by atoms with Gasteiger partial charge >= 0.3 is 5.97 Å². The van der Waals surface area contributed by atoms with E-state index in [4.69, 9.17) is 4.74 Å². The van der Waals surface area contributed by atoms with Crippen LogP contribution in [0.4, 0.5) is 17.2 Å². The summed E-state index contributed by atoms with van der Waals surface area (Å²) < 4.78 is 9.29. The van der Waals surface area contributed by atoms with Gasteiger partial charge in [-0.2, -0.15) is 0 Å². The summed E-state index contributed by atoms with van der Waals surface area (Å²) in [6.45, 7) is 3.47. The highest BCUT2D eigenvalue weighted by Gasteiger charge is 2.33. The maximum Gasteiger partial charge on any atom is 0.302 e. The van der Waals surface area contributed by atoms with Crippen LogP contribution in [0.15, 0.2) is 59.5 Å². The molecule has 5 heterocycles. The van der Waals surface area contributed by atoms with Crippen LogP contribution in [-0.2, 0) is 42.6 Å². The molecule has 1 amide bonds. The molecule has 1 unspecified atom stereocenters. The van der Waals surface area contributed by atoms with Crippen LogP contribution in [0.25, 0.3) is 11.3 Å². The fourth-order valence-electron chi connectivity index (χ4n) is 7.04. The minimum absolute atomic E-state index is 0.0960. The maximum atomic E-state index is 14.0. The number of carbonyl (C=O) groups is 2. The molecule has 1 saturated heterocycles. The van der Waals surface area contributed by atoms with Gasteiger partial charge < -0.3 is 19.2 Å². The number of fused-ring (bicyclic) bond motifs is 3. The molecule has 1 fully saturated rings. The van der Waals surface area contributed by atoms with Crippen LogP contribution in [0, 0.1) is 0 Å². The number of anilines is 3. The molecule has 0 bridgehead atoms. The minimum atomic E-state index is -0.445. The zero-order valence-corrected chi connectivity index (χ0v) is 26.0. The first-order chi connectivity index (χ1) is 21.8. The maximum absolute atomic E-state index is 14.0. The van der Waals surface area contributed by atoms with E-state index in [1.165, 1.54) is 29.8 Å². The highest BCUT2D eigenvalue weighted by atomic mass is 16.5. The molecule has 1 atom stereocenters. The minimum Gasteiger partial charge on any atom is -0.461 e. The predicted octanol–water partition coefficient (Wildman–Crippen LogP) is 4.97.